The Morgan fingerprint density at radius 2 is 0.391 bits per heavy atom. The molecule has 6 nitrogen and oxygen atoms in total. The van der Waals surface area contributed by atoms with Gasteiger partial charge in [0.2, 0.25) is 0 Å². The first-order valence-corrected chi connectivity index (χ1v) is 23.5. The first-order valence-electron chi connectivity index (χ1n) is 23.5. The van der Waals surface area contributed by atoms with Gasteiger partial charge in [-0.25, -0.2) is 15.0 Å². The molecule has 0 aliphatic heterocycles. The normalized spacial score (nSPS) is 12.3. The summed E-state index contributed by atoms with van der Waals surface area (Å²) in [5.74, 6) is 0. The molecule has 0 aliphatic carbocycles. The molecule has 16 aromatic rings. The van der Waals surface area contributed by atoms with Crippen molar-refractivity contribution in [3.05, 3.63) is 219 Å². The summed E-state index contributed by atoms with van der Waals surface area (Å²) in [5, 5.41) is 22.2. The molecule has 16 rings (SSSR count). The minimum absolute atomic E-state index is 0.836. The van der Waals surface area contributed by atoms with Gasteiger partial charge in [-0.2, -0.15) is 0 Å². The maximum Gasteiger partial charge on any atom is 0.117 e. The van der Waals surface area contributed by atoms with Crippen LogP contribution in [0.25, 0.3) is 147 Å². The predicted octanol–water partition coefficient (Wildman–Crippen LogP) is 16.1. The van der Waals surface area contributed by atoms with Gasteiger partial charge < -0.3 is 0 Å². The number of benzene rings is 13. The van der Waals surface area contributed by atoms with Crippen LogP contribution in [0.15, 0.2) is 219 Å². The minimum Gasteiger partial charge on any atom is -0.297 e. The van der Waals surface area contributed by atoms with E-state index in [2.05, 4.69) is 214 Å². The van der Waals surface area contributed by atoms with Crippen LogP contribution in [0.2, 0.25) is 0 Å². The number of hydrogen-bond donors (Lipinski definition) is 0. The summed E-state index contributed by atoms with van der Waals surface area (Å²) in [7, 11) is 0. The van der Waals surface area contributed by atoms with Crippen LogP contribution in [-0.2, 0) is 0 Å². The Morgan fingerprint density at radius 1 is 0.203 bits per heavy atom. The van der Waals surface area contributed by atoms with Crippen molar-refractivity contribution in [1.82, 2.24) is 28.7 Å². The third-order valence-corrected chi connectivity index (χ3v) is 15.0. The second-order valence-electron chi connectivity index (χ2n) is 18.4. The summed E-state index contributed by atoms with van der Waals surface area (Å²) in [4.78, 5) is 15.9. The molecule has 0 fully saturated rings. The van der Waals surface area contributed by atoms with Gasteiger partial charge in [0.25, 0.3) is 0 Å². The molecule has 3 heterocycles. The van der Waals surface area contributed by atoms with Gasteiger partial charge in [-0.05, 0) is 133 Å². The fraction of sp³-hybridized carbons (Fsp3) is 0. The van der Waals surface area contributed by atoms with E-state index >= 15 is 0 Å². The van der Waals surface area contributed by atoms with E-state index in [0.29, 0.717) is 0 Å². The van der Waals surface area contributed by atoms with E-state index in [1.165, 1.54) is 97.0 Å². The predicted molar refractivity (Wildman–Crippen MR) is 288 cm³/mol. The average Bonchev–Trinajstić information content (AvgIpc) is 4.19. The lowest BCUT2D eigenvalue weighted by Crippen LogP contribution is -1.98. The van der Waals surface area contributed by atoms with E-state index in [1.54, 1.807) is 0 Å². The molecule has 0 saturated heterocycles. The first-order chi connectivity index (χ1) is 34.2. The van der Waals surface area contributed by atoms with E-state index in [1.807, 2.05) is 19.0 Å². The molecule has 6 heteroatoms. The minimum atomic E-state index is 0.836. The Labute approximate surface area is 393 Å². The van der Waals surface area contributed by atoms with Crippen LogP contribution in [-0.4, -0.2) is 28.7 Å². The van der Waals surface area contributed by atoms with E-state index in [9.17, 15) is 0 Å². The molecule has 69 heavy (non-hydrogen) atoms. The molecule has 0 aliphatic rings. The van der Waals surface area contributed by atoms with Gasteiger partial charge in [-0.3, -0.25) is 13.7 Å². The molecular weight excluding hydrogens is 841 g/mol. The standard InChI is InChI=1S/C63H36N6/c1-4-19-46-40(13-1)43-16-7-10-22-49(43)55-31-37(25-28-52(46)55)67-34-64-58-61(67)59-63(68(35-65-59)38-26-29-53-47-20-5-2-14-41(47)44-17-8-11-23-50(44)56(53)32-38)60-62(58)69(36-66-60)39-27-30-54-48-21-6-3-15-42(48)45-18-9-12-24-51(45)57(54)33-39/h1-36H. The highest BCUT2D eigenvalue weighted by Crippen LogP contribution is 2.43. The van der Waals surface area contributed by atoms with Crippen LogP contribution in [0.4, 0.5) is 0 Å². The van der Waals surface area contributed by atoms with Crippen LogP contribution >= 0.6 is 0 Å². The first kappa shape index (κ1) is 36.8. The molecular formula is C63H36N6. The fourth-order valence-corrected chi connectivity index (χ4v) is 12.0. The fourth-order valence-electron chi connectivity index (χ4n) is 12.0. The van der Waals surface area contributed by atoms with Gasteiger partial charge in [0.05, 0.1) is 0 Å². The van der Waals surface area contributed by atoms with E-state index in [4.69, 9.17) is 15.0 Å². The van der Waals surface area contributed by atoms with Gasteiger partial charge in [0.1, 0.15) is 52.1 Å². The second-order valence-corrected chi connectivity index (χ2v) is 18.4. The van der Waals surface area contributed by atoms with Crippen LogP contribution in [0.5, 0.6) is 0 Å². The third kappa shape index (κ3) is 4.96. The maximum absolute atomic E-state index is 5.32. The highest BCUT2D eigenvalue weighted by atomic mass is 15.1. The van der Waals surface area contributed by atoms with Crippen molar-refractivity contribution in [3.63, 3.8) is 0 Å². The van der Waals surface area contributed by atoms with Gasteiger partial charge in [0, 0.05) is 17.1 Å². The number of fused-ring (bicyclic) bond motifs is 24. The van der Waals surface area contributed by atoms with Crippen molar-refractivity contribution >= 4 is 130 Å². The Kier molecular flexibility index (Phi) is 7.25. The van der Waals surface area contributed by atoms with Crippen LogP contribution in [0, 0.1) is 0 Å². The average molecular weight is 877 g/mol. The maximum atomic E-state index is 5.32. The van der Waals surface area contributed by atoms with Crippen LogP contribution in [0.3, 0.4) is 0 Å². The zero-order chi connectivity index (χ0) is 44.9. The Morgan fingerprint density at radius 3 is 0.609 bits per heavy atom. The smallest absolute Gasteiger partial charge is 0.117 e. The number of hydrogen-bond acceptors (Lipinski definition) is 3. The molecule has 0 amide bonds. The van der Waals surface area contributed by atoms with E-state index in [0.717, 1.165) is 50.2 Å². The molecule has 0 unspecified atom stereocenters. The molecule has 0 bridgehead atoms. The van der Waals surface area contributed by atoms with E-state index in [-0.39, 0.29) is 0 Å². The number of imidazole rings is 3. The Hall–Kier alpha value is -9.39. The van der Waals surface area contributed by atoms with Crippen molar-refractivity contribution in [1.29, 1.82) is 0 Å². The van der Waals surface area contributed by atoms with Crippen LogP contribution in [0.1, 0.15) is 0 Å². The zero-order valence-corrected chi connectivity index (χ0v) is 37.0. The van der Waals surface area contributed by atoms with Crippen LogP contribution < -0.4 is 0 Å². The van der Waals surface area contributed by atoms with Crippen molar-refractivity contribution < 1.29 is 0 Å². The number of nitrogens with zero attached hydrogens (tertiary/aromatic N) is 6. The molecule has 3 aromatic heterocycles. The summed E-state index contributed by atoms with van der Waals surface area (Å²) in [6.07, 6.45) is 5.91. The molecule has 0 radical (unpaired) electrons. The summed E-state index contributed by atoms with van der Waals surface area (Å²) >= 11 is 0. The summed E-state index contributed by atoms with van der Waals surface area (Å²) in [6, 6.07) is 73.0. The van der Waals surface area contributed by atoms with Crippen molar-refractivity contribution in [2.24, 2.45) is 0 Å². The molecule has 0 spiro atoms. The summed E-state index contributed by atoms with van der Waals surface area (Å²) < 4.78 is 6.69. The monoisotopic (exact) mass is 876 g/mol. The van der Waals surface area contributed by atoms with Crippen molar-refractivity contribution in [3.8, 4) is 17.1 Å². The topological polar surface area (TPSA) is 53.5 Å². The number of rotatable bonds is 3. The lowest BCUT2D eigenvalue weighted by Gasteiger charge is -2.14. The number of aromatic nitrogens is 6. The van der Waals surface area contributed by atoms with Gasteiger partial charge in [-0.15, -0.1) is 0 Å². The lowest BCUT2D eigenvalue weighted by molar-refractivity contribution is 1.09. The summed E-state index contributed by atoms with van der Waals surface area (Å²) in [6.45, 7) is 0. The second kappa shape index (κ2) is 13.6. The molecule has 318 valence electrons. The van der Waals surface area contributed by atoms with Crippen molar-refractivity contribution in [2.75, 3.05) is 0 Å². The SMILES string of the molecule is c1ccc2c(c1)c1ccccc1c1cc(-n3cnc4c3c3ncn(-c5ccc6c7ccccc7c7ccccc7c6c5)c3c3ncn(-c5ccc6c7ccccc7c7ccccc7c6c5)c43)ccc21. The zero-order valence-electron chi connectivity index (χ0n) is 37.0. The highest BCUT2D eigenvalue weighted by molar-refractivity contribution is 6.28. The lowest BCUT2D eigenvalue weighted by atomic mass is 9.94. The van der Waals surface area contributed by atoms with Crippen molar-refractivity contribution in [2.45, 2.75) is 0 Å². The van der Waals surface area contributed by atoms with Gasteiger partial charge >= 0.3 is 0 Å². The highest BCUT2D eigenvalue weighted by Gasteiger charge is 2.25. The Bertz CT molecular complexity index is 4290. The summed E-state index contributed by atoms with van der Waals surface area (Å²) in [5.41, 5.74) is 8.33. The molecule has 0 atom stereocenters. The molecule has 0 N–H and O–H groups in total. The van der Waals surface area contributed by atoms with Gasteiger partial charge in [-0.1, -0.05) is 164 Å². The largest absolute Gasteiger partial charge is 0.297 e. The van der Waals surface area contributed by atoms with Gasteiger partial charge in [0.15, 0.2) is 0 Å². The van der Waals surface area contributed by atoms with E-state index < -0.39 is 0 Å². The third-order valence-electron chi connectivity index (χ3n) is 15.0. The Balaban J connectivity index is 1.00. The molecule has 13 aromatic carbocycles. The quantitative estimate of drug-likeness (QED) is 0.166. The molecule has 0 saturated carbocycles.